The Hall–Kier alpha value is -1.32. The summed E-state index contributed by atoms with van der Waals surface area (Å²) < 4.78 is 0. The molecule has 1 saturated heterocycles. The van der Waals surface area contributed by atoms with Gasteiger partial charge in [-0.25, -0.2) is 4.79 Å². The van der Waals surface area contributed by atoms with Crippen molar-refractivity contribution in [3.63, 3.8) is 0 Å². The van der Waals surface area contributed by atoms with Crippen LogP contribution >= 0.6 is 11.8 Å². The molecule has 0 aliphatic carbocycles. The number of aliphatic hydroxyl groups is 1. The normalized spacial score (nSPS) is 21.6. The van der Waals surface area contributed by atoms with E-state index in [-0.39, 0.29) is 0 Å². The lowest BCUT2D eigenvalue weighted by atomic mass is 10.1. The van der Waals surface area contributed by atoms with Gasteiger partial charge in [0.1, 0.15) is 12.1 Å². The zero-order valence-electron chi connectivity index (χ0n) is 13.4. The lowest BCUT2D eigenvalue weighted by Gasteiger charge is -2.29. The highest BCUT2D eigenvalue weighted by atomic mass is 32.2. The molecule has 132 valence electrons. The number of amides is 2. The molecule has 9 heteroatoms. The second-order valence-electron chi connectivity index (χ2n) is 5.64. The van der Waals surface area contributed by atoms with E-state index in [0.717, 1.165) is 0 Å². The van der Waals surface area contributed by atoms with Crippen LogP contribution in [0.4, 0.5) is 0 Å². The highest BCUT2D eigenvalue weighted by molar-refractivity contribution is 7.98. The molecule has 23 heavy (non-hydrogen) atoms. The maximum absolute atomic E-state index is 12.5. The van der Waals surface area contributed by atoms with Crippen molar-refractivity contribution in [3.05, 3.63) is 0 Å². The molecular weight excluding hydrogens is 322 g/mol. The number of carboxylic acids is 1. The minimum Gasteiger partial charge on any atom is -0.480 e. The van der Waals surface area contributed by atoms with Gasteiger partial charge in [0.25, 0.3) is 0 Å². The average Bonchev–Trinajstić information content (AvgIpc) is 2.98. The lowest BCUT2D eigenvalue weighted by molar-refractivity contribution is -0.150. The fourth-order valence-electron chi connectivity index (χ4n) is 2.49. The lowest BCUT2D eigenvalue weighted by Crippen LogP contribution is -2.58. The summed E-state index contributed by atoms with van der Waals surface area (Å²) in [6.45, 7) is 1.68. The van der Waals surface area contributed by atoms with E-state index in [1.807, 2.05) is 6.26 Å². The van der Waals surface area contributed by atoms with Crippen molar-refractivity contribution in [1.29, 1.82) is 0 Å². The van der Waals surface area contributed by atoms with Gasteiger partial charge in [-0.15, -0.1) is 0 Å². The number of hydrogen-bond donors (Lipinski definition) is 4. The summed E-state index contributed by atoms with van der Waals surface area (Å²) in [5.74, 6) is -1.49. The van der Waals surface area contributed by atoms with Crippen molar-refractivity contribution in [2.24, 2.45) is 5.73 Å². The van der Waals surface area contributed by atoms with Crippen LogP contribution in [0.15, 0.2) is 0 Å². The monoisotopic (exact) mass is 347 g/mol. The molecule has 0 spiro atoms. The van der Waals surface area contributed by atoms with Crippen molar-refractivity contribution < 1.29 is 24.6 Å². The number of carbonyl (C=O) groups excluding carboxylic acids is 2. The van der Waals surface area contributed by atoms with Gasteiger partial charge < -0.3 is 26.2 Å². The van der Waals surface area contributed by atoms with Crippen LogP contribution in [0, 0.1) is 0 Å². The molecule has 0 aromatic carbocycles. The Morgan fingerprint density at radius 2 is 2.09 bits per heavy atom. The second-order valence-corrected chi connectivity index (χ2v) is 6.63. The first-order valence-electron chi connectivity index (χ1n) is 7.55. The minimum absolute atomic E-state index is 0.299. The number of nitrogens with two attached hydrogens (primary N) is 1. The van der Waals surface area contributed by atoms with E-state index in [1.165, 1.54) is 11.8 Å². The number of hydrogen-bond acceptors (Lipinski definition) is 6. The molecule has 4 atom stereocenters. The number of aliphatic carboxylic acids is 1. The van der Waals surface area contributed by atoms with E-state index in [1.54, 1.807) is 11.8 Å². The van der Waals surface area contributed by atoms with Crippen LogP contribution < -0.4 is 11.1 Å². The minimum atomic E-state index is -1.19. The van der Waals surface area contributed by atoms with Gasteiger partial charge in [0.05, 0.1) is 12.1 Å². The number of carboxylic acid groups (broad SMARTS) is 1. The molecule has 1 aliphatic heterocycles. The molecule has 1 aliphatic rings. The number of thioether (sulfide) groups is 1. The van der Waals surface area contributed by atoms with Gasteiger partial charge in [-0.05, 0) is 38.2 Å². The number of carbonyl (C=O) groups is 3. The Morgan fingerprint density at radius 3 is 2.61 bits per heavy atom. The third-order valence-electron chi connectivity index (χ3n) is 3.84. The van der Waals surface area contributed by atoms with E-state index in [0.29, 0.717) is 31.6 Å². The number of likely N-dealkylation sites (tertiary alicyclic amines) is 1. The molecule has 1 fully saturated rings. The summed E-state index contributed by atoms with van der Waals surface area (Å²) in [5, 5.41) is 21.4. The van der Waals surface area contributed by atoms with Crippen molar-refractivity contribution in [3.8, 4) is 0 Å². The molecule has 2 amide bonds. The SMILES string of the molecule is CSCCC(N)C(=O)NC(C(=O)N1CCCC1C(=O)O)C(C)O. The number of rotatable bonds is 8. The Balaban J connectivity index is 2.76. The van der Waals surface area contributed by atoms with Crippen LogP contribution in [0.3, 0.4) is 0 Å². The van der Waals surface area contributed by atoms with Gasteiger partial charge in [-0.1, -0.05) is 0 Å². The predicted octanol–water partition coefficient (Wildman–Crippen LogP) is -0.992. The Bertz CT molecular complexity index is 446. The van der Waals surface area contributed by atoms with Gasteiger partial charge >= 0.3 is 5.97 Å². The van der Waals surface area contributed by atoms with Crippen molar-refractivity contribution >= 4 is 29.5 Å². The van der Waals surface area contributed by atoms with Crippen LogP contribution in [-0.2, 0) is 14.4 Å². The summed E-state index contributed by atoms with van der Waals surface area (Å²) in [6.07, 6.45) is 2.15. The first kappa shape index (κ1) is 19.7. The standard InChI is InChI=1S/C14H25N3O5S/c1-8(18)11(16-12(19)9(15)5-7-23-2)13(20)17-6-3-4-10(17)14(21)22/h8-11,18H,3-7,15H2,1-2H3,(H,16,19)(H,21,22). The van der Waals surface area contributed by atoms with Crippen LogP contribution in [-0.4, -0.2) is 75.7 Å². The summed E-state index contributed by atoms with van der Waals surface area (Å²) in [7, 11) is 0. The molecule has 8 nitrogen and oxygen atoms in total. The van der Waals surface area contributed by atoms with Gasteiger partial charge in [-0.3, -0.25) is 9.59 Å². The number of nitrogens with one attached hydrogen (secondary N) is 1. The highest BCUT2D eigenvalue weighted by Gasteiger charge is 2.39. The largest absolute Gasteiger partial charge is 0.480 e. The maximum atomic E-state index is 12.5. The smallest absolute Gasteiger partial charge is 0.326 e. The molecule has 0 bridgehead atoms. The topological polar surface area (TPSA) is 133 Å². The van der Waals surface area contributed by atoms with Crippen LogP contribution in [0.2, 0.25) is 0 Å². The fraction of sp³-hybridized carbons (Fsp3) is 0.786. The van der Waals surface area contributed by atoms with E-state index in [2.05, 4.69) is 5.32 Å². The third-order valence-corrected chi connectivity index (χ3v) is 4.48. The predicted molar refractivity (Wildman–Crippen MR) is 87.0 cm³/mol. The van der Waals surface area contributed by atoms with Gasteiger partial charge in [-0.2, -0.15) is 11.8 Å². The van der Waals surface area contributed by atoms with Crippen LogP contribution in [0.5, 0.6) is 0 Å². The summed E-state index contributed by atoms with van der Waals surface area (Å²) >= 11 is 1.55. The second kappa shape index (κ2) is 9.09. The molecule has 4 unspecified atom stereocenters. The quantitative estimate of drug-likeness (QED) is 0.443. The summed E-state index contributed by atoms with van der Waals surface area (Å²) in [6, 6.07) is -2.88. The maximum Gasteiger partial charge on any atom is 0.326 e. The molecule has 0 saturated carbocycles. The summed E-state index contributed by atoms with van der Waals surface area (Å²) in [5.41, 5.74) is 5.75. The molecule has 5 N–H and O–H groups in total. The number of nitrogens with zero attached hydrogens (tertiary/aromatic N) is 1. The van der Waals surface area contributed by atoms with Crippen molar-refractivity contribution in [1.82, 2.24) is 10.2 Å². The zero-order valence-corrected chi connectivity index (χ0v) is 14.2. The van der Waals surface area contributed by atoms with Crippen LogP contribution in [0.25, 0.3) is 0 Å². The zero-order chi connectivity index (χ0) is 17.6. The first-order valence-corrected chi connectivity index (χ1v) is 8.95. The van der Waals surface area contributed by atoms with Crippen molar-refractivity contribution in [2.75, 3.05) is 18.6 Å². The molecular formula is C14H25N3O5S. The van der Waals surface area contributed by atoms with E-state index in [4.69, 9.17) is 10.8 Å². The number of aliphatic hydroxyl groups excluding tert-OH is 1. The average molecular weight is 347 g/mol. The molecule has 1 rings (SSSR count). The van der Waals surface area contributed by atoms with Gasteiger partial charge in [0.15, 0.2) is 0 Å². The summed E-state index contributed by atoms with van der Waals surface area (Å²) in [4.78, 5) is 37.0. The van der Waals surface area contributed by atoms with Gasteiger partial charge in [0, 0.05) is 6.54 Å². The Labute approximate surface area is 139 Å². The Morgan fingerprint density at radius 1 is 1.43 bits per heavy atom. The van der Waals surface area contributed by atoms with E-state index in [9.17, 15) is 19.5 Å². The van der Waals surface area contributed by atoms with Crippen LogP contribution in [0.1, 0.15) is 26.2 Å². The molecule has 0 aromatic heterocycles. The highest BCUT2D eigenvalue weighted by Crippen LogP contribution is 2.19. The molecule has 0 aromatic rings. The van der Waals surface area contributed by atoms with E-state index >= 15 is 0 Å². The fourth-order valence-corrected chi connectivity index (χ4v) is 2.98. The molecule has 0 radical (unpaired) electrons. The van der Waals surface area contributed by atoms with Gasteiger partial charge in [0.2, 0.25) is 11.8 Å². The Kier molecular flexibility index (Phi) is 7.80. The van der Waals surface area contributed by atoms with E-state index < -0.39 is 42.0 Å². The molecule has 1 heterocycles. The first-order chi connectivity index (χ1) is 10.8. The third kappa shape index (κ3) is 5.36. The van der Waals surface area contributed by atoms with Crippen molar-refractivity contribution in [2.45, 2.75) is 50.4 Å².